The van der Waals surface area contributed by atoms with Crippen LogP contribution >= 0.6 is 0 Å². The fourth-order valence-corrected chi connectivity index (χ4v) is 3.35. The summed E-state index contributed by atoms with van der Waals surface area (Å²) in [6.07, 6.45) is 5.49. The van der Waals surface area contributed by atoms with E-state index >= 15 is 0 Å². The second-order valence-corrected chi connectivity index (χ2v) is 7.20. The highest BCUT2D eigenvalue weighted by atomic mass is 15.3. The van der Waals surface area contributed by atoms with E-state index in [-0.39, 0.29) is 0 Å². The summed E-state index contributed by atoms with van der Waals surface area (Å²) < 4.78 is 0. The summed E-state index contributed by atoms with van der Waals surface area (Å²) in [6, 6.07) is 2.11. The Balaban J connectivity index is 2.18. The lowest BCUT2D eigenvalue weighted by Crippen LogP contribution is -2.58. The third-order valence-electron chi connectivity index (χ3n) is 4.63. The van der Waals surface area contributed by atoms with Crippen molar-refractivity contribution in [3.8, 4) is 0 Å². The Hall–Kier alpha value is -0.120. The van der Waals surface area contributed by atoms with Crippen LogP contribution in [0.4, 0.5) is 0 Å². The quantitative estimate of drug-likeness (QED) is 0.634. The van der Waals surface area contributed by atoms with Gasteiger partial charge in [0.1, 0.15) is 0 Å². The zero-order valence-electron chi connectivity index (χ0n) is 14.7. The first-order valence-corrected chi connectivity index (χ1v) is 8.56. The van der Waals surface area contributed by atoms with Crippen molar-refractivity contribution < 1.29 is 0 Å². The van der Waals surface area contributed by atoms with Gasteiger partial charge in [-0.2, -0.15) is 0 Å². The van der Waals surface area contributed by atoms with Crippen molar-refractivity contribution in [1.82, 2.24) is 14.7 Å². The molecule has 0 amide bonds. The Morgan fingerprint density at radius 2 is 1.60 bits per heavy atom. The lowest BCUT2D eigenvalue weighted by atomic mass is 10.1. The van der Waals surface area contributed by atoms with Gasteiger partial charge in [0.25, 0.3) is 0 Å². The molecule has 120 valence electrons. The van der Waals surface area contributed by atoms with Crippen molar-refractivity contribution in [3.63, 3.8) is 0 Å². The number of hydrogen-bond acceptors (Lipinski definition) is 3. The fraction of sp³-hybridized carbons (Fsp3) is 1.00. The summed E-state index contributed by atoms with van der Waals surface area (Å²) in [5.41, 5.74) is 0. The largest absolute Gasteiger partial charge is 0.309 e. The van der Waals surface area contributed by atoms with Gasteiger partial charge >= 0.3 is 0 Å². The van der Waals surface area contributed by atoms with E-state index < -0.39 is 0 Å². The van der Waals surface area contributed by atoms with Gasteiger partial charge in [0.05, 0.1) is 0 Å². The van der Waals surface area contributed by atoms with E-state index in [1.165, 1.54) is 51.9 Å². The second-order valence-electron chi connectivity index (χ2n) is 7.20. The zero-order valence-corrected chi connectivity index (χ0v) is 14.7. The van der Waals surface area contributed by atoms with E-state index in [1.54, 1.807) is 0 Å². The number of rotatable bonds is 8. The van der Waals surface area contributed by atoms with E-state index in [4.69, 9.17) is 0 Å². The van der Waals surface area contributed by atoms with Crippen molar-refractivity contribution in [2.24, 2.45) is 0 Å². The minimum atomic E-state index is 0.681. The van der Waals surface area contributed by atoms with Gasteiger partial charge in [-0.3, -0.25) is 9.80 Å². The molecule has 2 unspecified atom stereocenters. The molecule has 0 bridgehead atoms. The van der Waals surface area contributed by atoms with E-state index in [9.17, 15) is 0 Å². The predicted molar refractivity (Wildman–Crippen MR) is 89.4 cm³/mol. The van der Waals surface area contributed by atoms with Gasteiger partial charge in [-0.25, -0.2) is 0 Å². The number of nitrogens with zero attached hydrogens (tertiary/aromatic N) is 3. The van der Waals surface area contributed by atoms with Crippen LogP contribution in [0.25, 0.3) is 0 Å². The normalized spacial score (nSPS) is 25.8. The van der Waals surface area contributed by atoms with E-state index in [0.717, 1.165) is 6.04 Å². The number of hydrogen-bond donors (Lipinski definition) is 0. The SMILES string of the molecule is CC1CN(C(C)C)C(C)CN1CCCCCCN(C)C. The van der Waals surface area contributed by atoms with Crippen molar-refractivity contribution in [3.05, 3.63) is 0 Å². The Morgan fingerprint density at radius 3 is 2.20 bits per heavy atom. The molecule has 20 heavy (non-hydrogen) atoms. The predicted octanol–water partition coefficient (Wildman–Crippen LogP) is 2.91. The molecule has 1 rings (SSSR count). The topological polar surface area (TPSA) is 9.72 Å². The highest BCUT2D eigenvalue weighted by Gasteiger charge is 2.29. The zero-order chi connectivity index (χ0) is 15.1. The molecule has 0 aromatic carbocycles. The summed E-state index contributed by atoms with van der Waals surface area (Å²) in [7, 11) is 4.33. The van der Waals surface area contributed by atoms with Crippen LogP contribution in [0.1, 0.15) is 53.4 Å². The molecule has 1 aliphatic rings. The maximum Gasteiger partial charge on any atom is 0.0198 e. The van der Waals surface area contributed by atoms with Crippen LogP contribution in [0.15, 0.2) is 0 Å². The monoisotopic (exact) mass is 283 g/mol. The van der Waals surface area contributed by atoms with Crippen LogP contribution in [0.2, 0.25) is 0 Å². The molecule has 0 saturated carbocycles. The molecule has 1 aliphatic heterocycles. The third-order valence-corrected chi connectivity index (χ3v) is 4.63. The van der Waals surface area contributed by atoms with Crippen molar-refractivity contribution in [2.75, 3.05) is 40.3 Å². The van der Waals surface area contributed by atoms with Gasteiger partial charge in [0, 0.05) is 31.2 Å². The van der Waals surface area contributed by atoms with Gasteiger partial charge in [-0.15, -0.1) is 0 Å². The van der Waals surface area contributed by atoms with Crippen LogP contribution in [0.3, 0.4) is 0 Å². The first kappa shape index (κ1) is 17.9. The molecule has 3 heteroatoms. The Bertz CT molecular complexity index is 253. The minimum absolute atomic E-state index is 0.681. The number of unbranched alkanes of at least 4 members (excludes halogenated alkanes) is 3. The summed E-state index contributed by atoms with van der Waals surface area (Å²) in [6.45, 7) is 14.4. The van der Waals surface area contributed by atoms with Crippen LogP contribution in [-0.4, -0.2) is 73.1 Å². The highest BCUT2D eigenvalue weighted by Crippen LogP contribution is 2.18. The lowest BCUT2D eigenvalue weighted by Gasteiger charge is -2.46. The smallest absolute Gasteiger partial charge is 0.0198 e. The third kappa shape index (κ3) is 6.11. The molecule has 0 aliphatic carbocycles. The summed E-state index contributed by atoms with van der Waals surface area (Å²) in [5.74, 6) is 0. The maximum atomic E-state index is 2.70. The Kier molecular flexibility index (Phi) is 8.08. The molecule has 1 heterocycles. The molecule has 0 radical (unpaired) electrons. The molecule has 3 nitrogen and oxygen atoms in total. The molecular formula is C17H37N3. The first-order chi connectivity index (χ1) is 9.41. The average molecular weight is 284 g/mol. The van der Waals surface area contributed by atoms with E-state index in [1.807, 2.05) is 0 Å². The summed E-state index contributed by atoms with van der Waals surface area (Å²) >= 11 is 0. The van der Waals surface area contributed by atoms with Crippen LogP contribution < -0.4 is 0 Å². The van der Waals surface area contributed by atoms with Crippen molar-refractivity contribution >= 4 is 0 Å². The molecule has 0 N–H and O–H groups in total. The van der Waals surface area contributed by atoms with Crippen molar-refractivity contribution in [1.29, 1.82) is 0 Å². The molecular weight excluding hydrogens is 246 g/mol. The Labute approximate surface area is 127 Å². The van der Waals surface area contributed by atoms with Gasteiger partial charge in [0.2, 0.25) is 0 Å². The van der Waals surface area contributed by atoms with Gasteiger partial charge < -0.3 is 4.90 Å². The summed E-state index contributed by atoms with van der Waals surface area (Å²) in [5, 5.41) is 0. The molecule has 0 aromatic heterocycles. The number of piperazine rings is 1. The van der Waals surface area contributed by atoms with Gasteiger partial charge in [0.15, 0.2) is 0 Å². The fourth-order valence-electron chi connectivity index (χ4n) is 3.35. The first-order valence-electron chi connectivity index (χ1n) is 8.56. The molecule has 1 fully saturated rings. The van der Waals surface area contributed by atoms with Gasteiger partial charge in [-0.1, -0.05) is 12.8 Å². The van der Waals surface area contributed by atoms with Crippen LogP contribution in [0.5, 0.6) is 0 Å². The molecule has 1 saturated heterocycles. The van der Waals surface area contributed by atoms with Crippen LogP contribution in [-0.2, 0) is 0 Å². The standard InChI is InChI=1S/C17H37N3/c1-15(2)20-14-16(3)19(13-17(20)4)12-10-8-7-9-11-18(5)6/h15-17H,7-14H2,1-6H3. The Morgan fingerprint density at radius 1 is 0.950 bits per heavy atom. The maximum absolute atomic E-state index is 2.70. The molecule has 0 spiro atoms. The summed E-state index contributed by atoms with van der Waals surface area (Å²) in [4.78, 5) is 7.64. The van der Waals surface area contributed by atoms with E-state index in [0.29, 0.717) is 12.1 Å². The minimum Gasteiger partial charge on any atom is -0.309 e. The molecule has 0 aromatic rings. The van der Waals surface area contributed by atoms with Crippen LogP contribution in [0, 0.1) is 0 Å². The second kappa shape index (κ2) is 9.01. The van der Waals surface area contributed by atoms with Gasteiger partial charge in [-0.05, 0) is 67.7 Å². The highest BCUT2D eigenvalue weighted by molar-refractivity contribution is 4.86. The van der Waals surface area contributed by atoms with Crippen molar-refractivity contribution in [2.45, 2.75) is 71.5 Å². The van der Waals surface area contributed by atoms with E-state index in [2.05, 4.69) is 56.5 Å². The lowest BCUT2D eigenvalue weighted by molar-refractivity contribution is 0.0230. The average Bonchev–Trinajstić information content (AvgIpc) is 2.36. The molecule has 2 atom stereocenters.